The predicted molar refractivity (Wildman–Crippen MR) is 126 cm³/mol. The molecule has 1 aliphatic carbocycles. The zero-order valence-electron chi connectivity index (χ0n) is 18.1. The molecule has 0 unspecified atom stereocenters. The smallest absolute Gasteiger partial charge is 0.282 e. The van der Waals surface area contributed by atoms with Gasteiger partial charge < -0.3 is 10.6 Å². The Bertz CT molecular complexity index is 1340. The highest BCUT2D eigenvalue weighted by Gasteiger charge is 2.25. The van der Waals surface area contributed by atoms with Crippen molar-refractivity contribution < 1.29 is 26.4 Å². The Balaban J connectivity index is 2.19. The predicted octanol–water partition coefficient (Wildman–Crippen LogP) is 1.70. The molecular formula is C22H20N4O6S2. The summed E-state index contributed by atoms with van der Waals surface area (Å²) in [6.45, 7) is 2.38. The molecule has 12 heteroatoms. The average molecular weight is 501 g/mol. The Kier molecular flexibility index (Phi) is 7.23. The van der Waals surface area contributed by atoms with E-state index in [1.807, 2.05) is 0 Å². The Morgan fingerprint density at radius 1 is 0.618 bits per heavy atom. The van der Waals surface area contributed by atoms with Gasteiger partial charge in [0.05, 0.1) is 21.2 Å². The number of hydrogen-bond acceptors (Lipinski definition) is 6. The van der Waals surface area contributed by atoms with Crippen LogP contribution in [0.25, 0.3) is 0 Å². The third-order valence-corrected chi connectivity index (χ3v) is 6.86. The molecule has 34 heavy (non-hydrogen) atoms. The summed E-state index contributed by atoms with van der Waals surface area (Å²) in [4.78, 5) is 23.3. The molecule has 0 bridgehead atoms. The van der Waals surface area contributed by atoms with Gasteiger partial charge in [-0.15, -0.1) is 0 Å². The number of benzene rings is 2. The van der Waals surface area contributed by atoms with E-state index in [2.05, 4.69) is 19.4 Å². The van der Waals surface area contributed by atoms with Crippen molar-refractivity contribution in [3.05, 3.63) is 84.2 Å². The Morgan fingerprint density at radius 3 is 1.24 bits per heavy atom. The maximum absolute atomic E-state index is 12.8. The van der Waals surface area contributed by atoms with E-state index in [1.54, 1.807) is 12.1 Å². The van der Waals surface area contributed by atoms with Gasteiger partial charge in [-0.05, 0) is 36.4 Å². The van der Waals surface area contributed by atoms with Gasteiger partial charge in [0.15, 0.2) is 0 Å². The van der Waals surface area contributed by atoms with Crippen LogP contribution in [0.15, 0.2) is 103 Å². The maximum Gasteiger partial charge on any atom is 0.282 e. The van der Waals surface area contributed by atoms with Crippen LogP contribution in [-0.4, -0.2) is 40.1 Å². The third-order valence-electron chi connectivity index (χ3n) is 4.25. The van der Waals surface area contributed by atoms with E-state index in [1.165, 1.54) is 62.4 Å². The molecule has 176 valence electrons. The van der Waals surface area contributed by atoms with Crippen molar-refractivity contribution in [2.24, 2.45) is 8.80 Å². The highest BCUT2D eigenvalue weighted by molar-refractivity contribution is 7.90. The largest absolute Gasteiger partial charge is 0.324 e. The van der Waals surface area contributed by atoms with Crippen LogP contribution in [-0.2, 0) is 29.6 Å². The van der Waals surface area contributed by atoms with E-state index in [9.17, 15) is 26.4 Å². The van der Waals surface area contributed by atoms with Crippen molar-refractivity contribution in [1.29, 1.82) is 0 Å². The first-order valence-corrected chi connectivity index (χ1v) is 12.7. The summed E-state index contributed by atoms with van der Waals surface area (Å²) in [5.41, 5.74) is -0.663. The van der Waals surface area contributed by atoms with Crippen molar-refractivity contribution in [1.82, 2.24) is 10.6 Å². The van der Waals surface area contributed by atoms with Gasteiger partial charge in [0.1, 0.15) is 11.4 Å². The first-order chi connectivity index (χ1) is 16.0. The molecule has 0 spiro atoms. The van der Waals surface area contributed by atoms with Crippen molar-refractivity contribution in [2.45, 2.75) is 23.6 Å². The number of amides is 2. The minimum atomic E-state index is -4.20. The lowest BCUT2D eigenvalue weighted by molar-refractivity contribution is -0.119. The fraction of sp³-hybridized carbons (Fsp3) is 0.0909. The Labute approximate surface area is 196 Å². The molecular weight excluding hydrogens is 480 g/mol. The lowest BCUT2D eigenvalue weighted by Gasteiger charge is -2.18. The molecule has 0 radical (unpaired) electrons. The molecule has 2 amide bonds. The second-order valence-electron chi connectivity index (χ2n) is 7.01. The van der Waals surface area contributed by atoms with Crippen molar-refractivity contribution >= 4 is 43.3 Å². The minimum absolute atomic E-state index is 0.0923. The lowest BCUT2D eigenvalue weighted by Crippen LogP contribution is -2.33. The number of nitrogens with zero attached hydrogens (tertiary/aromatic N) is 2. The summed E-state index contributed by atoms with van der Waals surface area (Å²) in [5.74, 6) is -1.12. The van der Waals surface area contributed by atoms with Gasteiger partial charge in [-0.2, -0.15) is 25.6 Å². The summed E-state index contributed by atoms with van der Waals surface area (Å²) in [6.07, 6.45) is 2.26. The average Bonchev–Trinajstić information content (AvgIpc) is 2.77. The van der Waals surface area contributed by atoms with Gasteiger partial charge in [0.25, 0.3) is 20.0 Å². The summed E-state index contributed by atoms with van der Waals surface area (Å²) < 4.78 is 58.7. The van der Waals surface area contributed by atoms with E-state index < -0.39 is 31.9 Å². The van der Waals surface area contributed by atoms with Gasteiger partial charge in [0.2, 0.25) is 11.8 Å². The number of hydrogen-bond donors (Lipinski definition) is 2. The molecule has 1 aliphatic rings. The molecule has 0 aromatic heterocycles. The maximum atomic E-state index is 12.8. The zero-order valence-corrected chi connectivity index (χ0v) is 19.7. The SMILES string of the molecule is CC(=O)NC1=CC(=NS(=O)(=O)c2ccccc2)C(NC(C)=O)=CC1=NS(=O)(=O)c1ccccc1. The molecule has 0 aliphatic heterocycles. The van der Waals surface area contributed by atoms with E-state index in [4.69, 9.17) is 0 Å². The van der Waals surface area contributed by atoms with E-state index >= 15 is 0 Å². The number of carbonyl (C=O) groups is 2. The van der Waals surface area contributed by atoms with Gasteiger partial charge >= 0.3 is 0 Å². The summed E-state index contributed by atoms with van der Waals surface area (Å²) in [7, 11) is -8.39. The number of sulfonamides is 2. The molecule has 3 rings (SSSR count). The topological polar surface area (TPSA) is 151 Å². The quantitative estimate of drug-likeness (QED) is 0.576. The first-order valence-electron chi connectivity index (χ1n) is 9.77. The van der Waals surface area contributed by atoms with Gasteiger partial charge in [-0.25, -0.2) is 0 Å². The number of allylic oxidation sites excluding steroid dienone is 2. The van der Waals surface area contributed by atoms with Gasteiger partial charge in [-0.3, -0.25) is 9.59 Å². The summed E-state index contributed by atoms with van der Waals surface area (Å²) >= 11 is 0. The fourth-order valence-corrected chi connectivity index (χ4v) is 4.89. The van der Waals surface area contributed by atoms with Crippen LogP contribution < -0.4 is 10.6 Å². The van der Waals surface area contributed by atoms with Crippen LogP contribution >= 0.6 is 0 Å². The number of rotatable bonds is 6. The molecule has 0 atom stereocenters. The normalized spacial score (nSPS) is 16.5. The number of nitrogens with one attached hydrogen (secondary N) is 2. The zero-order chi connectivity index (χ0) is 24.9. The Morgan fingerprint density at radius 2 is 0.941 bits per heavy atom. The van der Waals surface area contributed by atoms with Crippen LogP contribution in [0, 0.1) is 0 Å². The highest BCUT2D eigenvalue weighted by Crippen LogP contribution is 2.19. The second-order valence-corrected chi connectivity index (χ2v) is 10.2. The molecule has 2 N–H and O–H groups in total. The fourth-order valence-electron chi connectivity index (χ4n) is 2.86. The van der Waals surface area contributed by atoms with E-state index in [-0.39, 0.29) is 32.6 Å². The minimum Gasteiger partial charge on any atom is -0.324 e. The summed E-state index contributed by atoms with van der Waals surface area (Å²) in [6, 6.07) is 14.8. The van der Waals surface area contributed by atoms with Crippen molar-refractivity contribution in [3.8, 4) is 0 Å². The lowest BCUT2D eigenvalue weighted by atomic mass is 10.1. The second kappa shape index (κ2) is 9.93. The van der Waals surface area contributed by atoms with Gasteiger partial charge in [-0.1, -0.05) is 36.4 Å². The third kappa shape index (κ3) is 6.11. The molecule has 10 nitrogen and oxygen atoms in total. The molecule has 0 fully saturated rings. The van der Waals surface area contributed by atoms with Crippen LogP contribution in [0.4, 0.5) is 0 Å². The van der Waals surface area contributed by atoms with Crippen LogP contribution in [0.1, 0.15) is 13.8 Å². The van der Waals surface area contributed by atoms with E-state index in [0.29, 0.717) is 0 Å². The molecule has 0 saturated carbocycles. The molecule has 2 aromatic carbocycles. The van der Waals surface area contributed by atoms with Gasteiger partial charge in [0, 0.05) is 13.8 Å². The summed E-state index contributed by atoms with van der Waals surface area (Å²) in [5, 5.41) is 4.86. The van der Waals surface area contributed by atoms with Crippen molar-refractivity contribution in [2.75, 3.05) is 0 Å². The molecule has 0 saturated heterocycles. The monoisotopic (exact) mass is 500 g/mol. The Hall–Kier alpha value is -3.90. The molecule has 2 aromatic rings. The standard InChI is InChI=1S/C22H20N4O6S2/c1-15(27)23-19-13-22(26-34(31,32)18-11-7-4-8-12-18)20(24-16(2)28)14-21(19)25-33(29,30)17-9-5-3-6-10-17/h3-14H,1-2H3,(H,23,27)(H,24,28). The van der Waals surface area contributed by atoms with Crippen LogP contribution in [0.3, 0.4) is 0 Å². The van der Waals surface area contributed by atoms with Crippen LogP contribution in [0.2, 0.25) is 0 Å². The number of carbonyl (C=O) groups excluding carboxylic acids is 2. The first kappa shape index (κ1) is 24.7. The van der Waals surface area contributed by atoms with Crippen LogP contribution in [0.5, 0.6) is 0 Å². The highest BCUT2D eigenvalue weighted by atomic mass is 32.2. The van der Waals surface area contributed by atoms with E-state index in [0.717, 1.165) is 12.2 Å². The molecule has 0 heterocycles. The van der Waals surface area contributed by atoms with Crippen molar-refractivity contribution in [3.63, 3.8) is 0 Å².